The van der Waals surface area contributed by atoms with Gasteiger partial charge in [-0.15, -0.1) is 0 Å². The Kier molecular flexibility index (Phi) is 4.83. The molecule has 0 bridgehead atoms. The zero-order valence-corrected chi connectivity index (χ0v) is 18.5. The van der Waals surface area contributed by atoms with Crippen LogP contribution in [0, 0.1) is 34.5 Å². The van der Waals surface area contributed by atoms with Crippen LogP contribution in [-0.2, 0) is 0 Å². The zero-order valence-electron chi connectivity index (χ0n) is 18.5. The molecule has 27 heavy (non-hydrogen) atoms. The largest absolute Gasteiger partial charge is 0.303 e. The Morgan fingerprint density at radius 1 is 0.815 bits per heavy atom. The molecule has 0 unspecified atom stereocenters. The van der Waals surface area contributed by atoms with Gasteiger partial charge >= 0.3 is 0 Å². The van der Waals surface area contributed by atoms with Gasteiger partial charge in [-0.3, -0.25) is 0 Å². The van der Waals surface area contributed by atoms with Crippen molar-refractivity contribution in [3.05, 3.63) is 0 Å². The van der Waals surface area contributed by atoms with Crippen molar-refractivity contribution in [1.82, 2.24) is 10.0 Å². The van der Waals surface area contributed by atoms with Gasteiger partial charge in [-0.05, 0) is 86.9 Å². The Morgan fingerprint density at radius 3 is 2.26 bits per heavy atom. The third kappa shape index (κ3) is 3.11. The minimum atomic E-state index is 0.362. The Bertz CT molecular complexity index is 636. The van der Waals surface area contributed by atoms with Gasteiger partial charge in [-0.25, -0.2) is 0 Å². The molecule has 0 spiro atoms. The fourth-order valence-corrected chi connectivity index (χ4v) is 7.63. The molecule has 4 saturated carbocycles. The van der Waals surface area contributed by atoms with Crippen LogP contribution in [0.4, 0.5) is 0 Å². The van der Waals surface area contributed by atoms with Gasteiger partial charge in [-0.2, -0.15) is 10.2 Å². The Balaban J connectivity index is 1.56. The molecule has 0 N–H and O–H groups in total. The summed E-state index contributed by atoms with van der Waals surface area (Å²) in [6.45, 7) is 5.19. The summed E-state index contributed by atoms with van der Waals surface area (Å²) < 4.78 is 0. The molecule has 4 nitrogen and oxygen atoms in total. The van der Waals surface area contributed by atoms with E-state index in [1.807, 2.05) is 10.0 Å². The molecule has 0 radical (unpaired) electrons. The smallest absolute Gasteiger partial charge is 0.0442 e. The molecule has 0 aromatic carbocycles. The van der Waals surface area contributed by atoms with Crippen molar-refractivity contribution >= 4 is 11.4 Å². The number of rotatable bonds is 2. The average Bonchev–Trinajstić information content (AvgIpc) is 2.91. The molecule has 6 atom stereocenters. The molecule has 0 saturated heterocycles. The maximum Gasteiger partial charge on any atom is 0.0442 e. The van der Waals surface area contributed by atoms with E-state index in [4.69, 9.17) is 10.2 Å². The van der Waals surface area contributed by atoms with Crippen LogP contribution in [-0.4, -0.2) is 49.6 Å². The van der Waals surface area contributed by atoms with Crippen LogP contribution in [0.25, 0.3) is 0 Å². The third-order valence-electron chi connectivity index (χ3n) is 8.90. The molecule has 0 aromatic rings. The molecule has 0 aromatic heterocycles. The summed E-state index contributed by atoms with van der Waals surface area (Å²) in [5, 5.41) is 13.8. The van der Waals surface area contributed by atoms with E-state index in [2.05, 4.69) is 42.0 Å². The predicted octanol–water partition coefficient (Wildman–Crippen LogP) is 4.86. The lowest BCUT2D eigenvalue weighted by Gasteiger charge is -2.59. The van der Waals surface area contributed by atoms with Gasteiger partial charge in [-0.1, -0.05) is 13.8 Å². The van der Waals surface area contributed by atoms with Crippen LogP contribution in [0.5, 0.6) is 0 Å². The summed E-state index contributed by atoms with van der Waals surface area (Å²) in [7, 11) is 8.28. The summed E-state index contributed by atoms with van der Waals surface area (Å²) in [6, 6.07) is 0. The standard InChI is InChI=1S/C23H40N4/c1-22-13-11-17(24-26(3)4)15-16(22)7-8-18-19-9-10-21(25-27(5)6)23(19,2)14-12-20(18)22/h16,18-20H,7-15H2,1-6H3/b24-17-,25-21+/t16-,18-,19-,20-,22-,23-/m0/s1. The maximum absolute atomic E-state index is 4.94. The van der Waals surface area contributed by atoms with Crippen molar-refractivity contribution in [3.63, 3.8) is 0 Å². The van der Waals surface area contributed by atoms with E-state index in [-0.39, 0.29) is 0 Å². The van der Waals surface area contributed by atoms with Crippen LogP contribution in [0.1, 0.15) is 71.6 Å². The first kappa shape index (κ1) is 19.3. The number of nitrogens with zero attached hydrogens (tertiary/aromatic N) is 4. The van der Waals surface area contributed by atoms with Gasteiger partial charge in [0.25, 0.3) is 0 Å². The SMILES string of the molecule is CN(C)/N=C1/CC[C@@]2(C)[C@@H](CC[C@@H]3[C@@H]2CC[C@]2(C)/C(=N/N(C)C)CC[C@@H]32)C1. The fraction of sp³-hybridized carbons (Fsp3) is 0.913. The highest BCUT2D eigenvalue weighted by atomic mass is 15.4. The lowest BCUT2D eigenvalue weighted by atomic mass is 9.45. The van der Waals surface area contributed by atoms with E-state index >= 15 is 0 Å². The number of hydrogen-bond donors (Lipinski definition) is 0. The topological polar surface area (TPSA) is 31.2 Å². The van der Waals surface area contributed by atoms with Crippen molar-refractivity contribution in [3.8, 4) is 0 Å². The van der Waals surface area contributed by atoms with E-state index in [0.29, 0.717) is 10.8 Å². The molecular weight excluding hydrogens is 332 g/mol. The second kappa shape index (κ2) is 6.77. The van der Waals surface area contributed by atoms with Gasteiger partial charge in [0, 0.05) is 45.0 Å². The van der Waals surface area contributed by atoms with Crippen molar-refractivity contribution in [2.45, 2.75) is 71.6 Å². The van der Waals surface area contributed by atoms with Crippen molar-refractivity contribution in [1.29, 1.82) is 0 Å². The van der Waals surface area contributed by atoms with Crippen molar-refractivity contribution in [2.75, 3.05) is 28.2 Å². The van der Waals surface area contributed by atoms with E-state index in [1.54, 1.807) is 0 Å². The molecule has 0 aliphatic heterocycles. The van der Waals surface area contributed by atoms with Crippen LogP contribution in [0.3, 0.4) is 0 Å². The van der Waals surface area contributed by atoms with Crippen LogP contribution >= 0.6 is 0 Å². The van der Waals surface area contributed by atoms with Gasteiger partial charge in [0.15, 0.2) is 0 Å². The van der Waals surface area contributed by atoms with E-state index in [0.717, 1.165) is 23.7 Å². The quantitative estimate of drug-likeness (QED) is 0.648. The molecule has 4 heteroatoms. The molecule has 4 aliphatic rings. The Labute approximate surface area is 166 Å². The second-order valence-electron chi connectivity index (χ2n) is 10.8. The van der Waals surface area contributed by atoms with Crippen molar-refractivity contribution in [2.24, 2.45) is 44.7 Å². The van der Waals surface area contributed by atoms with Gasteiger partial charge in [0.2, 0.25) is 0 Å². The highest BCUT2D eigenvalue weighted by Crippen LogP contribution is 2.65. The summed E-state index contributed by atoms with van der Waals surface area (Å²) in [5.41, 5.74) is 3.84. The predicted molar refractivity (Wildman–Crippen MR) is 114 cm³/mol. The Morgan fingerprint density at radius 2 is 1.56 bits per heavy atom. The lowest BCUT2D eigenvalue weighted by Crippen LogP contribution is -2.53. The van der Waals surface area contributed by atoms with E-state index in [1.165, 1.54) is 69.2 Å². The summed E-state index contributed by atoms with van der Waals surface area (Å²) in [5.74, 6) is 3.57. The minimum Gasteiger partial charge on any atom is -0.303 e. The van der Waals surface area contributed by atoms with Crippen LogP contribution in [0.15, 0.2) is 10.2 Å². The highest BCUT2D eigenvalue weighted by molar-refractivity contribution is 5.92. The lowest BCUT2D eigenvalue weighted by molar-refractivity contribution is -0.0817. The van der Waals surface area contributed by atoms with Crippen molar-refractivity contribution < 1.29 is 0 Å². The number of hydrazone groups is 2. The van der Waals surface area contributed by atoms with Gasteiger partial charge in [0.1, 0.15) is 0 Å². The second-order valence-corrected chi connectivity index (χ2v) is 10.8. The first-order valence-electron chi connectivity index (χ1n) is 11.2. The normalized spacial score (nSPS) is 46.7. The molecule has 4 aliphatic carbocycles. The van der Waals surface area contributed by atoms with Crippen LogP contribution in [0.2, 0.25) is 0 Å². The minimum absolute atomic E-state index is 0.362. The monoisotopic (exact) mass is 372 g/mol. The zero-order chi connectivity index (χ0) is 19.4. The molecule has 152 valence electrons. The molecular formula is C23H40N4. The average molecular weight is 373 g/mol. The molecule has 0 heterocycles. The molecule has 4 fully saturated rings. The van der Waals surface area contributed by atoms with E-state index < -0.39 is 0 Å². The number of hydrogen-bond acceptors (Lipinski definition) is 4. The van der Waals surface area contributed by atoms with Gasteiger partial charge < -0.3 is 10.0 Å². The summed E-state index contributed by atoms with van der Waals surface area (Å²) in [6.07, 6.45) is 12.0. The first-order valence-corrected chi connectivity index (χ1v) is 11.2. The molecule has 4 rings (SSSR count). The molecule has 0 amide bonds. The highest BCUT2D eigenvalue weighted by Gasteiger charge is 2.59. The fourth-order valence-electron chi connectivity index (χ4n) is 7.63. The maximum atomic E-state index is 4.94. The van der Waals surface area contributed by atoms with Gasteiger partial charge in [0.05, 0.1) is 0 Å². The summed E-state index contributed by atoms with van der Waals surface area (Å²) >= 11 is 0. The first-order chi connectivity index (χ1) is 12.7. The summed E-state index contributed by atoms with van der Waals surface area (Å²) in [4.78, 5) is 0. The van der Waals surface area contributed by atoms with Crippen LogP contribution < -0.4 is 0 Å². The number of fused-ring (bicyclic) bond motifs is 5. The Hall–Kier alpha value is -1.06. The third-order valence-corrected chi connectivity index (χ3v) is 8.90. The van der Waals surface area contributed by atoms with E-state index in [9.17, 15) is 0 Å².